The monoisotopic (exact) mass is 242 g/mol. The van der Waals surface area contributed by atoms with Gasteiger partial charge in [-0.3, -0.25) is 4.79 Å². The van der Waals surface area contributed by atoms with Crippen LogP contribution >= 0.6 is 0 Å². The molecule has 1 rings (SSSR count). The van der Waals surface area contributed by atoms with Crippen LogP contribution in [0.25, 0.3) is 4.72 Å². The highest BCUT2D eigenvalue weighted by atomic mass is 32.2. The number of carbonyl (C=O) groups is 1. The molecule has 0 aromatic heterocycles. The molecule has 0 N–H and O–H groups in total. The van der Waals surface area contributed by atoms with Crippen molar-refractivity contribution >= 4 is 21.7 Å². The van der Waals surface area contributed by atoms with E-state index in [0.29, 0.717) is 5.69 Å². The van der Waals surface area contributed by atoms with Crippen molar-refractivity contribution in [1.29, 1.82) is 0 Å². The maximum atomic E-state index is 11.0. The smallest absolute Gasteiger partial charge is 0.309 e. The molecule has 0 aliphatic rings. The summed E-state index contributed by atoms with van der Waals surface area (Å²) >= 11 is 0. The summed E-state index contributed by atoms with van der Waals surface area (Å²) in [5.74, 6) is -0.340. The maximum Gasteiger partial charge on any atom is 0.309 e. The number of ether oxygens (including phenoxy) is 1. The lowest BCUT2D eigenvalue weighted by Crippen LogP contribution is -2.03. The molecule has 88 valence electrons. The molecule has 0 radical (unpaired) electrons. The number of rotatable bonds is 4. The lowest BCUT2D eigenvalue weighted by Gasteiger charge is -2.18. The summed E-state index contributed by atoms with van der Waals surface area (Å²) in [6.45, 7) is 0. The normalized spacial score (nSPS) is 10.9. The van der Waals surface area contributed by atoms with Gasteiger partial charge < -0.3 is 9.46 Å². The quantitative estimate of drug-likeness (QED) is 0.747. The van der Waals surface area contributed by atoms with Gasteiger partial charge in [0, 0.05) is 6.26 Å². The highest BCUT2D eigenvalue weighted by Crippen LogP contribution is 2.21. The van der Waals surface area contributed by atoms with Crippen LogP contribution in [0.4, 0.5) is 5.69 Å². The third-order valence-corrected chi connectivity index (χ3v) is 2.33. The van der Waals surface area contributed by atoms with E-state index in [1.165, 1.54) is 7.11 Å². The van der Waals surface area contributed by atoms with Gasteiger partial charge in [0.1, 0.15) is 0 Å². The van der Waals surface area contributed by atoms with Crippen molar-refractivity contribution in [3.63, 3.8) is 0 Å². The molecule has 0 fully saturated rings. The Hall–Kier alpha value is -1.56. The van der Waals surface area contributed by atoms with Crippen molar-refractivity contribution < 1.29 is 17.9 Å². The highest BCUT2D eigenvalue weighted by Gasteiger charge is 2.01. The fraction of sp³-hybridized carbons (Fsp3) is 0.300. The van der Waals surface area contributed by atoms with Crippen molar-refractivity contribution in [3.05, 3.63) is 34.6 Å². The number of methoxy groups -OCH3 is 1. The molecule has 5 nitrogen and oxygen atoms in total. The average Bonchev–Trinajstić information content (AvgIpc) is 2.18. The predicted octanol–water partition coefficient (Wildman–Crippen LogP) is 1.37. The van der Waals surface area contributed by atoms with E-state index in [9.17, 15) is 13.2 Å². The zero-order chi connectivity index (χ0) is 12.2. The van der Waals surface area contributed by atoms with E-state index in [4.69, 9.17) is 0 Å². The van der Waals surface area contributed by atoms with E-state index < -0.39 is 10.0 Å². The molecule has 16 heavy (non-hydrogen) atoms. The summed E-state index contributed by atoms with van der Waals surface area (Å²) in [7, 11) is -2.07. The van der Waals surface area contributed by atoms with E-state index >= 15 is 0 Å². The van der Waals surface area contributed by atoms with Crippen molar-refractivity contribution in [1.82, 2.24) is 0 Å². The lowest BCUT2D eigenvalue weighted by atomic mass is 10.1. The Morgan fingerprint density at radius 2 is 1.88 bits per heavy atom. The number of hydrogen-bond donors (Lipinski definition) is 0. The van der Waals surface area contributed by atoms with Gasteiger partial charge >= 0.3 is 5.97 Å². The van der Waals surface area contributed by atoms with Crippen LogP contribution in [0.2, 0.25) is 0 Å². The fourth-order valence-corrected chi connectivity index (χ4v) is 1.61. The molecule has 0 saturated heterocycles. The fourth-order valence-electron chi connectivity index (χ4n) is 1.10. The Balaban J connectivity index is 2.72. The second-order valence-electron chi connectivity index (χ2n) is 3.24. The molecule has 0 aliphatic carbocycles. The zero-order valence-electron chi connectivity index (χ0n) is 9.00. The Morgan fingerprint density at radius 1 is 1.31 bits per heavy atom. The number of sulfonamides is 1. The average molecular weight is 242 g/mol. The summed E-state index contributed by atoms with van der Waals surface area (Å²) in [4.78, 5) is 11.0. The Kier molecular flexibility index (Phi) is 3.89. The Labute approximate surface area is 94.5 Å². The van der Waals surface area contributed by atoms with E-state index in [2.05, 4.69) is 9.46 Å². The van der Waals surface area contributed by atoms with Crippen LogP contribution < -0.4 is 0 Å². The molecule has 0 amide bonds. The van der Waals surface area contributed by atoms with Crippen molar-refractivity contribution in [2.24, 2.45) is 0 Å². The summed E-state index contributed by atoms with van der Waals surface area (Å²) in [6.07, 6.45) is 1.19. The second kappa shape index (κ2) is 4.98. The first-order chi connectivity index (χ1) is 7.40. The number of carbonyl (C=O) groups excluding carboxylic acids is 1. The zero-order valence-corrected chi connectivity index (χ0v) is 9.82. The molecule has 0 heterocycles. The van der Waals surface area contributed by atoms with Crippen molar-refractivity contribution in [2.75, 3.05) is 13.4 Å². The van der Waals surface area contributed by atoms with Crippen molar-refractivity contribution in [2.45, 2.75) is 6.42 Å². The minimum atomic E-state index is -3.38. The lowest BCUT2D eigenvalue weighted by molar-refractivity contribution is -0.139. The van der Waals surface area contributed by atoms with Gasteiger partial charge in [-0.25, -0.2) is 8.42 Å². The van der Waals surface area contributed by atoms with Crippen LogP contribution in [0.3, 0.4) is 0 Å². The van der Waals surface area contributed by atoms with Crippen LogP contribution in [0.1, 0.15) is 5.56 Å². The summed E-state index contributed by atoms with van der Waals surface area (Å²) < 4.78 is 29.7. The predicted molar refractivity (Wildman–Crippen MR) is 60.0 cm³/mol. The Morgan fingerprint density at radius 3 is 2.31 bits per heavy atom. The van der Waals surface area contributed by atoms with Gasteiger partial charge in [-0.15, -0.1) is 5.69 Å². The first-order valence-electron chi connectivity index (χ1n) is 4.49. The molecule has 0 aliphatic heterocycles. The van der Waals surface area contributed by atoms with Gasteiger partial charge in [0.2, 0.25) is 0 Å². The topological polar surface area (TPSA) is 74.5 Å². The van der Waals surface area contributed by atoms with E-state index in [1.54, 1.807) is 24.3 Å². The molecule has 6 heteroatoms. The minimum absolute atomic E-state index is 0.162. The summed E-state index contributed by atoms with van der Waals surface area (Å²) in [6, 6.07) is 6.36. The maximum absolute atomic E-state index is 11.0. The van der Waals surface area contributed by atoms with Gasteiger partial charge in [-0.05, 0) is 5.56 Å². The molecular formula is C10H12NO4S-. The molecule has 1 aromatic carbocycles. The number of nitrogens with zero attached hydrogens (tertiary/aromatic N) is 1. The molecule has 0 saturated carbocycles. The van der Waals surface area contributed by atoms with Crippen LogP contribution in [-0.2, 0) is 26.0 Å². The highest BCUT2D eigenvalue weighted by molar-refractivity contribution is 7.93. The van der Waals surface area contributed by atoms with E-state index in [1.807, 2.05) is 0 Å². The first kappa shape index (κ1) is 12.5. The molecule has 0 unspecified atom stereocenters. The molecule has 0 atom stereocenters. The van der Waals surface area contributed by atoms with Gasteiger partial charge in [0.05, 0.1) is 23.6 Å². The Bertz CT molecular complexity index is 464. The molecule has 1 aromatic rings. The second-order valence-corrected chi connectivity index (χ2v) is 4.89. The van der Waals surface area contributed by atoms with Crippen LogP contribution in [0, 0.1) is 0 Å². The van der Waals surface area contributed by atoms with Crippen LogP contribution in [-0.4, -0.2) is 27.8 Å². The third-order valence-electron chi connectivity index (χ3n) is 1.78. The van der Waals surface area contributed by atoms with Crippen molar-refractivity contribution in [3.8, 4) is 0 Å². The van der Waals surface area contributed by atoms with Crippen LogP contribution in [0.5, 0.6) is 0 Å². The molecule has 0 bridgehead atoms. The van der Waals surface area contributed by atoms with Crippen LogP contribution in [0.15, 0.2) is 24.3 Å². The van der Waals surface area contributed by atoms with Gasteiger partial charge in [0.15, 0.2) is 0 Å². The largest absolute Gasteiger partial charge is 0.577 e. The number of esters is 1. The minimum Gasteiger partial charge on any atom is -0.577 e. The van der Waals surface area contributed by atoms with E-state index in [0.717, 1.165) is 11.8 Å². The van der Waals surface area contributed by atoms with Gasteiger partial charge in [0.25, 0.3) is 0 Å². The molecule has 0 spiro atoms. The summed E-state index contributed by atoms with van der Waals surface area (Å²) in [5, 5.41) is 0. The summed E-state index contributed by atoms with van der Waals surface area (Å²) in [5.41, 5.74) is 1.09. The number of benzene rings is 1. The van der Waals surface area contributed by atoms with Gasteiger partial charge in [-0.2, -0.15) is 0 Å². The SMILES string of the molecule is COC(=O)Cc1ccc([N-]S(C)(=O)=O)cc1. The standard InChI is InChI=1S/C10H12NO4S/c1-15-10(12)7-8-3-5-9(6-4-8)11-16(2,13)14/h3-6H,7H2,1-2H3/q-1. The van der Waals surface area contributed by atoms with Gasteiger partial charge in [-0.1, -0.05) is 24.3 Å². The number of hydrogen-bond acceptors (Lipinski definition) is 4. The third kappa shape index (κ3) is 4.31. The molecular weight excluding hydrogens is 230 g/mol. The van der Waals surface area contributed by atoms with E-state index in [-0.39, 0.29) is 12.4 Å². The first-order valence-corrected chi connectivity index (χ1v) is 6.34.